The van der Waals surface area contributed by atoms with E-state index in [9.17, 15) is 0 Å². The highest BCUT2D eigenvalue weighted by molar-refractivity contribution is 6.33. The van der Waals surface area contributed by atoms with Crippen molar-refractivity contribution in [1.29, 1.82) is 0 Å². The first kappa shape index (κ1) is 13.5. The Morgan fingerprint density at radius 1 is 1.25 bits per heavy atom. The standard InChI is InChI=1S/C15H19ClN4/c1-19-15(12-4-2-3-5-13(12)16)14(10-18-19)20-8-6-11(17)7-9-20/h2-5,10-11H,6-9,17H2,1H3. The van der Waals surface area contributed by atoms with Gasteiger partial charge >= 0.3 is 0 Å². The van der Waals surface area contributed by atoms with Gasteiger partial charge in [-0.2, -0.15) is 5.10 Å². The molecule has 1 aromatic heterocycles. The highest BCUT2D eigenvalue weighted by atomic mass is 35.5. The topological polar surface area (TPSA) is 47.1 Å². The van der Waals surface area contributed by atoms with E-state index in [1.807, 2.05) is 42.2 Å². The predicted molar refractivity (Wildman–Crippen MR) is 83.1 cm³/mol. The van der Waals surface area contributed by atoms with E-state index in [1.54, 1.807) is 0 Å². The molecule has 1 aliphatic heterocycles. The molecule has 0 spiro atoms. The van der Waals surface area contributed by atoms with Gasteiger partial charge in [-0.1, -0.05) is 29.8 Å². The number of nitrogens with zero attached hydrogens (tertiary/aromatic N) is 3. The molecule has 1 aromatic carbocycles. The molecule has 0 aliphatic carbocycles. The van der Waals surface area contributed by atoms with Crippen molar-refractivity contribution in [3.8, 4) is 11.3 Å². The SMILES string of the molecule is Cn1ncc(N2CCC(N)CC2)c1-c1ccccc1Cl. The molecule has 1 fully saturated rings. The monoisotopic (exact) mass is 290 g/mol. The van der Waals surface area contributed by atoms with Crippen LogP contribution < -0.4 is 10.6 Å². The molecule has 106 valence electrons. The van der Waals surface area contributed by atoms with Crippen LogP contribution in [0.2, 0.25) is 5.02 Å². The summed E-state index contributed by atoms with van der Waals surface area (Å²) < 4.78 is 1.89. The Hall–Kier alpha value is -1.52. The van der Waals surface area contributed by atoms with Crippen molar-refractivity contribution in [2.75, 3.05) is 18.0 Å². The molecule has 0 saturated carbocycles. The van der Waals surface area contributed by atoms with Crippen molar-refractivity contribution >= 4 is 17.3 Å². The van der Waals surface area contributed by atoms with Gasteiger partial charge in [-0.25, -0.2) is 0 Å². The van der Waals surface area contributed by atoms with Gasteiger partial charge < -0.3 is 10.6 Å². The van der Waals surface area contributed by atoms with E-state index in [1.165, 1.54) is 0 Å². The summed E-state index contributed by atoms with van der Waals surface area (Å²) in [5.74, 6) is 0. The van der Waals surface area contributed by atoms with Crippen LogP contribution in [0.15, 0.2) is 30.5 Å². The van der Waals surface area contributed by atoms with Crippen molar-refractivity contribution in [1.82, 2.24) is 9.78 Å². The Bertz CT molecular complexity index is 600. The van der Waals surface area contributed by atoms with Gasteiger partial charge in [-0.15, -0.1) is 0 Å². The van der Waals surface area contributed by atoms with Crippen molar-refractivity contribution in [2.45, 2.75) is 18.9 Å². The van der Waals surface area contributed by atoms with Gasteiger partial charge in [0.05, 0.1) is 22.6 Å². The zero-order valence-corrected chi connectivity index (χ0v) is 12.3. The summed E-state index contributed by atoms with van der Waals surface area (Å²) in [5.41, 5.74) is 9.23. The number of halogens is 1. The van der Waals surface area contributed by atoms with Gasteiger partial charge in [-0.3, -0.25) is 4.68 Å². The Labute approximate surface area is 124 Å². The van der Waals surface area contributed by atoms with E-state index in [0.717, 1.165) is 47.9 Å². The zero-order valence-electron chi connectivity index (χ0n) is 11.6. The van der Waals surface area contributed by atoms with Crippen molar-refractivity contribution in [3.63, 3.8) is 0 Å². The van der Waals surface area contributed by atoms with Crippen LogP contribution in [0.25, 0.3) is 11.3 Å². The molecule has 0 unspecified atom stereocenters. The smallest absolute Gasteiger partial charge is 0.0927 e. The maximum Gasteiger partial charge on any atom is 0.0927 e. The summed E-state index contributed by atoms with van der Waals surface area (Å²) in [6.45, 7) is 1.95. The number of piperidine rings is 1. The van der Waals surface area contributed by atoms with Gasteiger partial charge in [-0.05, 0) is 18.9 Å². The third-order valence-electron chi connectivity index (χ3n) is 3.93. The fourth-order valence-electron chi connectivity index (χ4n) is 2.76. The van der Waals surface area contributed by atoms with Crippen LogP contribution in [0.4, 0.5) is 5.69 Å². The summed E-state index contributed by atoms with van der Waals surface area (Å²) in [4.78, 5) is 2.36. The van der Waals surface area contributed by atoms with Crippen LogP contribution in [0.3, 0.4) is 0 Å². The lowest BCUT2D eigenvalue weighted by Gasteiger charge is -2.31. The summed E-state index contributed by atoms with van der Waals surface area (Å²) in [6.07, 6.45) is 3.98. The van der Waals surface area contributed by atoms with E-state index < -0.39 is 0 Å². The summed E-state index contributed by atoms with van der Waals surface area (Å²) in [7, 11) is 1.96. The van der Waals surface area contributed by atoms with Crippen molar-refractivity contribution < 1.29 is 0 Å². The van der Waals surface area contributed by atoms with Crippen LogP contribution in [0.1, 0.15) is 12.8 Å². The van der Waals surface area contributed by atoms with Gasteiger partial charge in [0.1, 0.15) is 0 Å². The first-order valence-electron chi connectivity index (χ1n) is 6.94. The quantitative estimate of drug-likeness (QED) is 0.925. The number of hydrogen-bond acceptors (Lipinski definition) is 3. The summed E-state index contributed by atoms with van der Waals surface area (Å²) >= 11 is 6.34. The molecule has 2 heterocycles. The molecule has 1 saturated heterocycles. The molecule has 0 radical (unpaired) electrons. The Balaban J connectivity index is 2.00. The molecule has 5 heteroatoms. The van der Waals surface area contributed by atoms with E-state index >= 15 is 0 Å². The van der Waals surface area contributed by atoms with Crippen LogP contribution in [-0.2, 0) is 7.05 Å². The summed E-state index contributed by atoms with van der Waals surface area (Å²) in [5, 5.41) is 5.17. The Kier molecular flexibility index (Phi) is 3.68. The number of rotatable bonds is 2. The lowest BCUT2D eigenvalue weighted by molar-refractivity contribution is 0.501. The molecular formula is C15H19ClN4. The second-order valence-electron chi connectivity index (χ2n) is 5.31. The third-order valence-corrected chi connectivity index (χ3v) is 4.26. The van der Waals surface area contributed by atoms with E-state index in [-0.39, 0.29) is 0 Å². The molecule has 2 N–H and O–H groups in total. The molecular weight excluding hydrogens is 272 g/mol. The Morgan fingerprint density at radius 3 is 2.65 bits per heavy atom. The minimum Gasteiger partial charge on any atom is -0.368 e. The van der Waals surface area contributed by atoms with Crippen LogP contribution in [0, 0.1) is 0 Å². The molecule has 0 amide bonds. The maximum absolute atomic E-state index is 6.34. The average molecular weight is 291 g/mol. The highest BCUT2D eigenvalue weighted by Crippen LogP contribution is 2.35. The Morgan fingerprint density at radius 2 is 1.95 bits per heavy atom. The number of benzene rings is 1. The van der Waals surface area contributed by atoms with Gasteiger partial charge in [0.2, 0.25) is 0 Å². The normalized spacial score (nSPS) is 16.6. The molecule has 20 heavy (non-hydrogen) atoms. The predicted octanol–water partition coefficient (Wildman–Crippen LogP) is 2.67. The van der Waals surface area contributed by atoms with E-state index in [4.69, 9.17) is 17.3 Å². The maximum atomic E-state index is 6.34. The lowest BCUT2D eigenvalue weighted by Crippen LogP contribution is -2.39. The number of anilines is 1. The van der Waals surface area contributed by atoms with Crippen LogP contribution in [0.5, 0.6) is 0 Å². The first-order chi connectivity index (χ1) is 9.66. The molecule has 0 atom stereocenters. The largest absolute Gasteiger partial charge is 0.368 e. The van der Waals surface area contributed by atoms with Crippen LogP contribution >= 0.6 is 11.6 Å². The van der Waals surface area contributed by atoms with Crippen LogP contribution in [-0.4, -0.2) is 28.9 Å². The number of aryl methyl sites for hydroxylation is 1. The third kappa shape index (κ3) is 2.41. The minimum atomic E-state index is 0.326. The van der Waals surface area contributed by atoms with Gasteiger partial charge in [0.15, 0.2) is 0 Å². The minimum absolute atomic E-state index is 0.326. The summed E-state index contributed by atoms with van der Waals surface area (Å²) in [6, 6.07) is 8.23. The molecule has 1 aliphatic rings. The first-order valence-corrected chi connectivity index (χ1v) is 7.32. The molecule has 4 nitrogen and oxygen atoms in total. The second kappa shape index (κ2) is 5.46. The van der Waals surface area contributed by atoms with E-state index in [2.05, 4.69) is 10.00 Å². The van der Waals surface area contributed by atoms with Gasteiger partial charge in [0, 0.05) is 31.7 Å². The fraction of sp³-hybridized carbons (Fsp3) is 0.400. The number of nitrogens with two attached hydrogens (primary N) is 1. The van der Waals surface area contributed by atoms with E-state index in [0.29, 0.717) is 6.04 Å². The zero-order chi connectivity index (χ0) is 14.1. The lowest BCUT2D eigenvalue weighted by atomic mass is 10.0. The van der Waals surface area contributed by atoms with Gasteiger partial charge in [0.25, 0.3) is 0 Å². The average Bonchev–Trinajstić information content (AvgIpc) is 2.82. The van der Waals surface area contributed by atoms with Crippen molar-refractivity contribution in [2.24, 2.45) is 12.8 Å². The number of hydrogen-bond donors (Lipinski definition) is 1. The fourth-order valence-corrected chi connectivity index (χ4v) is 2.99. The number of aromatic nitrogens is 2. The molecule has 3 rings (SSSR count). The molecule has 0 bridgehead atoms. The highest BCUT2D eigenvalue weighted by Gasteiger charge is 2.22. The second-order valence-corrected chi connectivity index (χ2v) is 5.71. The van der Waals surface area contributed by atoms with Crippen molar-refractivity contribution in [3.05, 3.63) is 35.5 Å². The molecule has 2 aromatic rings.